The summed E-state index contributed by atoms with van der Waals surface area (Å²) < 4.78 is 5.35. The molecule has 1 rings (SSSR count). The van der Waals surface area contributed by atoms with E-state index in [0.717, 1.165) is 13.0 Å². The van der Waals surface area contributed by atoms with Crippen molar-refractivity contribution in [3.8, 4) is 6.01 Å². The van der Waals surface area contributed by atoms with E-state index >= 15 is 0 Å². The molecule has 0 unspecified atom stereocenters. The quantitative estimate of drug-likeness (QED) is 0.752. The maximum absolute atomic E-state index is 11.8. The van der Waals surface area contributed by atoms with E-state index in [9.17, 15) is 4.79 Å². The Bertz CT molecular complexity index is 466. The van der Waals surface area contributed by atoms with Crippen LogP contribution in [0.15, 0.2) is 0 Å². The van der Waals surface area contributed by atoms with Gasteiger partial charge in [0.15, 0.2) is 0 Å². The highest BCUT2D eigenvalue weighted by Crippen LogP contribution is 2.14. The van der Waals surface area contributed by atoms with Gasteiger partial charge in [-0.1, -0.05) is 6.92 Å². The van der Waals surface area contributed by atoms with Crippen molar-refractivity contribution in [2.75, 3.05) is 51.1 Å². The number of rotatable bonds is 8. The molecule has 8 nitrogen and oxygen atoms in total. The third-order valence-electron chi connectivity index (χ3n) is 2.62. The molecule has 0 aliphatic carbocycles. The highest BCUT2D eigenvalue weighted by Gasteiger charge is 2.14. The number of anilines is 2. The summed E-state index contributed by atoms with van der Waals surface area (Å²) in [5.74, 6) is 0.829. The van der Waals surface area contributed by atoms with E-state index in [1.807, 2.05) is 6.92 Å². The van der Waals surface area contributed by atoms with Crippen LogP contribution in [0.1, 0.15) is 20.3 Å². The Labute approximate surface area is 125 Å². The molecule has 0 saturated heterocycles. The lowest BCUT2D eigenvalue weighted by Crippen LogP contribution is -2.35. The van der Waals surface area contributed by atoms with Crippen LogP contribution in [0.4, 0.5) is 11.9 Å². The molecule has 0 fully saturated rings. The molecule has 0 aliphatic heterocycles. The molecule has 1 amide bonds. The molecule has 0 spiro atoms. The van der Waals surface area contributed by atoms with E-state index in [-0.39, 0.29) is 18.5 Å². The zero-order valence-electron chi connectivity index (χ0n) is 13.4. The number of aromatic nitrogens is 3. The predicted molar refractivity (Wildman–Crippen MR) is 81.7 cm³/mol. The molecule has 1 heterocycles. The van der Waals surface area contributed by atoms with Gasteiger partial charge in [-0.3, -0.25) is 4.79 Å². The summed E-state index contributed by atoms with van der Waals surface area (Å²) in [5.41, 5.74) is 0. The summed E-state index contributed by atoms with van der Waals surface area (Å²) in [6, 6.07) is 0.255. The predicted octanol–water partition coefficient (Wildman–Crippen LogP) is 0.617. The van der Waals surface area contributed by atoms with Crippen LogP contribution in [0.5, 0.6) is 6.01 Å². The summed E-state index contributed by atoms with van der Waals surface area (Å²) in [4.78, 5) is 27.7. The van der Waals surface area contributed by atoms with Gasteiger partial charge in [0.05, 0.1) is 13.2 Å². The fourth-order valence-corrected chi connectivity index (χ4v) is 1.44. The molecule has 0 aliphatic rings. The van der Waals surface area contributed by atoms with Gasteiger partial charge in [0.25, 0.3) is 0 Å². The first kappa shape index (κ1) is 16.9. The molecule has 1 N–H and O–H groups in total. The Balaban J connectivity index is 2.92. The lowest BCUT2D eigenvalue weighted by atomic mass is 10.5. The Morgan fingerprint density at radius 3 is 2.48 bits per heavy atom. The highest BCUT2D eigenvalue weighted by molar-refractivity contribution is 5.80. The van der Waals surface area contributed by atoms with Crippen LogP contribution in [-0.2, 0) is 4.79 Å². The Morgan fingerprint density at radius 1 is 1.19 bits per heavy atom. The number of hydrogen-bond donors (Lipinski definition) is 1. The topological polar surface area (TPSA) is 83.5 Å². The van der Waals surface area contributed by atoms with Crippen LogP contribution in [0.25, 0.3) is 0 Å². The second kappa shape index (κ2) is 8.23. The normalized spacial score (nSPS) is 10.1. The molecule has 8 heteroatoms. The van der Waals surface area contributed by atoms with E-state index in [1.54, 1.807) is 26.0 Å². The van der Waals surface area contributed by atoms with Crippen molar-refractivity contribution in [2.45, 2.75) is 20.3 Å². The number of carbonyl (C=O) groups excluding carboxylic acids is 1. The minimum Gasteiger partial charge on any atom is -0.464 e. The molecule has 118 valence electrons. The van der Waals surface area contributed by atoms with Crippen LogP contribution in [-0.4, -0.2) is 66.6 Å². The monoisotopic (exact) mass is 296 g/mol. The molecule has 21 heavy (non-hydrogen) atoms. The van der Waals surface area contributed by atoms with Gasteiger partial charge in [0.1, 0.15) is 0 Å². The zero-order valence-corrected chi connectivity index (χ0v) is 13.4. The van der Waals surface area contributed by atoms with Crippen LogP contribution < -0.4 is 15.0 Å². The number of hydrogen-bond acceptors (Lipinski definition) is 7. The number of amides is 1. The van der Waals surface area contributed by atoms with Crippen LogP contribution in [0.2, 0.25) is 0 Å². The summed E-state index contributed by atoms with van der Waals surface area (Å²) in [6.45, 7) is 5.34. The molecule has 0 aromatic carbocycles. The SMILES string of the molecule is CCCNc1nc(OCC)nc(N(C)CC(=O)N(C)C)n1. The average molecular weight is 296 g/mol. The standard InChI is InChI=1S/C13H24N6O2/c1-6-8-14-11-15-12(17-13(16-11)21-7-2)19(5)9-10(20)18(3)4/h6-9H2,1-5H3,(H,14,15,16,17). The molecular weight excluding hydrogens is 272 g/mol. The lowest BCUT2D eigenvalue weighted by Gasteiger charge is -2.19. The van der Waals surface area contributed by atoms with E-state index < -0.39 is 0 Å². The first-order valence-corrected chi connectivity index (χ1v) is 7.01. The smallest absolute Gasteiger partial charge is 0.323 e. The molecule has 1 aromatic rings. The van der Waals surface area contributed by atoms with Gasteiger partial charge < -0.3 is 19.9 Å². The van der Waals surface area contributed by atoms with Crippen molar-refractivity contribution in [1.29, 1.82) is 0 Å². The first-order valence-electron chi connectivity index (χ1n) is 7.01. The van der Waals surface area contributed by atoms with Crippen LogP contribution in [0, 0.1) is 0 Å². The maximum atomic E-state index is 11.8. The Morgan fingerprint density at radius 2 is 1.90 bits per heavy atom. The van der Waals surface area contributed by atoms with Crippen LogP contribution >= 0.6 is 0 Å². The van der Waals surface area contributed by atoms with E-state index in [4.69, 9.17) is 4.74 Å². The van der Waals surface area contributed by atoms with Crippen molar-refractivity contribution in [2.24, 2.45) is 0 Å². The van der Waals surface area contributed by atoms with Crippen LogP contribution in [0.3, 0.4) is 0 Å². The van der Waals surface area contributed by atoms with Crippen molar-refractivity contribution in [3.63, 3.8) is 0 Å². The second-order valence-corrected chi connectivity index (χ2v) is 4.75. The van der Waals surface area contributed by atoms with Crippen molar-refractivity contribution in [1.82, 2.24) is 19.9 Å². The molecule has 0 bridgehead atoms. The zero-order chi connectivity index (χ0) is 15.8. The largest absolute Gasteiger partial charge is 0.464 e. The Hall–Kier alpha value is -2.12. The molecule has 0 atom stereocenters. The van der Waals surface area contributed by atoms with Gasteiger partial charge in [-0.15, -0.1) is 0 Å². The number of likely N-dealkylation sites (N-methyl/N-ethyl adjacent to an activating group) is 2. The number of nitrogens with zero attached hydrogens (tertiary/aromatic N) is 5. The fraction of sp³-hybridized carbons (Fsp3) is 0.692. The van der Waals surface area contributed by atoms with E-state index in [2.05, 4.69) is 27.2 Å². The van der Waals surface area contributed by atoms with Crippen molar-refractivity contribution < 1.29 is 9.53 Å². The van der Waals surface area contributed by atoms with Gasteiger partial charge in [-0.05, 0) is 13.3 Å². The summed E-state index contributed by atoms with van der Waals surface area (Å²) in [6.07, 6.45) is 0.958. The molecule has 0 radical (unpaired) electrons. The molecule has 1 aromatic heterocycles. The van der Waals surface area contributed by atoms with Crippen molar-refractivity contribution >= 4 is 17.8 Å². The number of ether oxygens (including phenoxy) is 1. The molecule has 0 saturated carbocycles. The highest BCUT2D eigenvalue weighted by atomic mass is 16.5. The summed E-state index contributed by atoms with van der Waals surface area (Å²) in [5, 5.41) is 3.10. The van der Waals surface area contributed by atoms with Gasteiger partial charge in [-0.25, -0.2) is 0 Å². The van der Waals surface area contributed by atoms with Crippen molar-refractivity contribution in [3.05, 3.63) is 0 Å². The second-order valence-electron chi connectivity index (χ2n) is 4.75. The summed E-state index contributed by atoms with van der Waals surface area (Å²) >= 11 is 0. The van der Waals surface area contributed by atoms with E-state index in [1.165, 1.54) is 4.90 Å². The number of carbonyl (C=O) groups is 1. The lowest BCUT2D eigenvalue weighted by molar-refractivity contribution is -0.127. The van der Waals surface area contributed by atoms with Gasteiger partial charge in [-0.2, -0.15) is 15.0 Å². The maximum Gasteiger partial charge on any atom is 0.323 e. The molecular formula is C13H24N6O2. The third-order valence-corrected chi connectivity index (χ3v) is 2.62. The van der Waals surface area contributed by atoms with Gasteiger partial charge >= 0.3 is 6.01 Å². The van der Waals surface area contributed by atoms with Gasteiger partial charge in [0.2, 0.25) is 17.8 Å². The first-order chi connectivity index (χ1) is 9.97. The number of nitrogens with one attached hydrogen (secondary N) is 1. The van der Waals surface area contributed by atoms with Gasteiger partial charge in [0, 0.05) is 27.7 Å². The Kier molecular flexibility index (Phi) is 6.64. The third kappa shape index (κ3) is 5.41. The fourth-order valence-electron chi connectivity index (χ4n) is 1.44. The minimum absolute atomic E-state index is 0.0288. The minimum atomic E-state index is -0.0288. The average Bonchev–Trinajstić information content (AvgIpc) is 2.45. The summed E-state index contributed by atoms with van der Waals surface area (Å²) in [7, 11) is 5.18. The van der Waals surface area contributed by atoms with E-state index in [0.29, 0.717) is 18.5 Å².